The Hall–Kier alpha value is -2.80. The minimum Gasteiger partial charge on any atom is -0.336 e. The number of nitrogens with one attached hydrogen (secondary N) is 2. The molecule has 0 aliphatic heterocycles. The van der Waals surface area contributed by atoms with Crippen molar-refractivity contribution in [1.82, 2.24) is 4.90 Å². The maximum atomic E-state index is 13.3. The van der Waals surface area contributed by atoms with Gasteiger partial charge in [0.2, 0.25) is 0 Å². The molecule has 2 N–H and O–H groups in total. The van der Waals surface area contributed by atoms with E-state index in [1.165, 1.54) is 41.3 Å². The highest BCUT2D eigenvalue weighted by molar-refractivity contribution is 5.91. The molecule has 2 rings (SSSR count). The second-order valence-corrected chi connectivity index (χ2v) is 6.62. The summed E-state index contributed by atoms with van der Waals surface area (Å²) in [5.41, 5.74) is 1.20. The van der Waals surface area contributed by atoms with Crippen molar-refractivity contribution < 1.29 is 23.3 Å². The Bertz CT molecular complexity index is 796. The molecule has 0 aliphatic rings. The highest BCUT2D eigenvalue weighted by atomic mass is 19.1. The van der Waals surface area contributed by atoms with Crippen molar-refractivity contribution in [3.8, 4) is 0 Å². The van der Waals surface area contributed by atoms with Crippen molar-refractivity contribution in [1.29, 1.82) is 0 Å². The molecule has 0 saturated heterocycles. The molecule has 144 valence electrons. The van der Waals surface area contributed by atoms with Gasteiger partial charge < -0.3 is 15.1 Å². The van der Waals surface area contributed by atoms with Crippen LogP contribution in [0, 0.1) is 11.6 Å². The van der Waals surface area contributed by atoms with Crippen LogP contribution in [0.2, 0.25) is 0 Å². The Kier molecular flexibility index (Phi) is 7.01. The van der Waals surface area contributed by atoms with E-state index < -0.39 is 6.04 Å². The maximum absolute atomic E-state index is 13.3. The fraction of sp³-hybridized carbons (Fsp3) is 0.300. The minimum atomic E-state index is -0.456. The summed E-state index contributed by atoms with van der Waals surface area (Å²) in [5.74, 6) is -1.14. The summed E-state index contributed by atoms with van der Waals surface area (Å²) in [6.07, 6.45) is 0. The number of rotatable bonds is 7. The lowest BCUT2D eigenvalue weighted by molar-refractivity contribution is -0.886. The minimum absolute atomic E-state index is 0.0814. The Balaban J connectivity index is 1.88. The van der Waals surface area contributed by atoms with Gasteiger partial charge in [0, 0.05) is 19.3 Å². The highest BCUT2D eigenvalue weighted by Crippen LogP contribution is 2.08. The first kappa shape index (κ1) is 20.5. The molecule has 0 fully saturated rings. The topological polar surface area (TPSA) is 53.9 Å². The molecule has 2 amide bonds. The second kappa shape index (κ2) is 9.23. The SMILES string of the molecule is C[C@@H](C(=O)N(C)Cc1cccc(F)c1)[NH+](C)CC(=O)Nc1ccc(F)cc1. The molecule has 2 aromatic carbocycles. The van der Waals surface area contributed by atoms with Crippen molar-refractivity contribution in [3.05, 3.63) is 65.7 Å². The lowest BCUT2D eigenvalue weighted by Crippen LogP contribution is -3.15. The van der Waals surface area contributed by atoms with Crippen molar-refractivity contribution in [3.63, 3.8) is 0 Å². The molecule has 5 nitrogen and oxygen atoms in total. The van der Waals surface area contributed by atoms with E-state index in [4.69, 9.17) is 0 Å². The summed E-state index contributed by atoms with van der Waals surface area (Å²) in [4.78, 5) is 27.0. The summed E-state index contributed by atoms with van der Waals surface area (Å²) in [6.45, 7) is 2.11. The fourth-order valence-corrected chi connectivity index (χ4v) is 2.67. The van der Waals surface area contributed by atoms with Crippen LogP contribution in [-0.2, 0) is 16.1 Å². The van der Waals surface area contributed by atoms with Crippen LogP contribution in [0.5, 0.6) is 0 Å². The zero-order valence-electron chi connectivity index (χ0n) is 15.6. The lowest BCUT2D eigenvalue weighted by atomic mass is 10.2. The molecular formula is C20H24F2N3O2+. The Morgan fingerprint density at radius 3 is 2.41 bits per heavy atom. The average molecular weight is 376 g/mol. The van der Waals surface area contributed by atoms with E-state index in [0.29, 0.717) is 16.2 Å². The molecule has 0 radical (unpaired) electrons. The van der Waals surface area contributed by atoms with E-state index in [1.807, 2.05) is 0 Å². The summed E-state index contributed by atoms with van der Waals surface area (Å²) < 4.78 is 26.2. The summed E-state index contributed by atoms with van der Waals surface area (Å²) in [6, 6.07) is 11.1. The van der Waals surface area contributed by atoms with Gasteiger partial charge in [-0.3, -0.25) is 9.59 Å². The van der Waals surface area contributed by atoms with Gasteiger partial charge in [0.1, 0.15) is 11.6 Å². The highest BCUT2D eigenvalue weighted by Gasteiger charge is 2.26. The first-order chi connectivity index (χ1) is 12.8. The first-order valence-electron chi connectivity index (χ1n) is 8.63. The van der Waals surface area contributed by atoms with E-state index in [1.54, 1.807) is 33.2 Å². The van der Waals surface area contributed by atoms with Crippen LogP contribution >= 0.6 is 0 Å². The summed E-state index contributed by atoms with van der Waals surface area (Å²) in [7, 11) is 3.40. The van der Waals surface area contributed by atoms with Gasteiger partial charge in [-0.05, 0) is 48.9 Å². The number of benzene rings is 2. The molecule has 0 heterocycles. The Morgan fingerprint density at radius 2 is 1.78 bits per heavy atom. The van der Waals surface area contributed by atoms with E-state index in [9.17, 15) is 18.4 Å². The van der Waals surface area contributed by atoms with Crippen LogP contribution in [0.25, 0.3) is 0 Å². The molecule has 27 heavy (non-hydrogen) atoms. The third kappa shape index (κ3) is 6.14. The van der Waals surface area contributed by atoms with Crippen LogP contribution in [0.4, 0.5) is 14.5 Å². The van der Waals surface area contributed by atoms with Crippen LogP contribution in [0.1, 0.15) is 12.5 Å². The number of hydrogen-bond acceptors (Lipinski definition) is 2. The van der Waals surface area contributed by atoms with Crippen LogP contribution < -0.4 is 10.2 Å². The summed E-state index contributed by atoms with van der Waals surface area (Å²) in [5, 5.41) is 2.68. The predicted octanol–water partition coefficient (Wildman–Crippen LogP) is 1.47. The lowest BCUT2D eigenvalue weighted by Gasteiger charge is -2.25. The number of nitrogens with zero attached hydrogens (tertiary/aromatic N) is 1. The molecular weight excluding hydrogens is 352 g/mol. The monoisotopic (exact) mass is 376 g/mol. The van der Waals surface area contributed by atoms with E-state index in [2.05, 4.69) is 5.32 Å². The van der Waals surface area contributed by atoms with Gasteiger partial charge in [0.15, 0.2) is 12.6 Å². The van der Waals surface area contributed by atoms with Gasteiger partial charge in [-0.2, -0.15) is 0 Å². The zero-order chi connectivity index (χ0) is 20.0. The smallest absolute Gasteiger partial charge is 0.280 e. The number of carbonyl (C=O) groups is 2. The van der Waals surface area contributed by atoms with Gasteiger partial charge in [0.05, 0.1) is 7.05 Å². The van der Waals surface area contributed by atoms with Crippen LogP contribution in [0.15, 0.2) is 48.5 Å². The van der Waals surface area contributed by atoms with Gasteiger partial charge in [0.25, 0.3) is 11.8 Å². The van der Waals surface area contributed by atoms with Crippen LogP contribution in [0.3, 0.4) is 0 Å². The van der Waals surface area contributed by atoms with Crippen LogP contribution in [-0.4, -0.2) is 43.4 Å². The normalized spacial score (nSPS) is 12.9. The Labute approximate surface area is 157 Å². The third-order valence-electron chi connectivity index (χ3n) is 4.36. The largest absolute Gasteiger partial charge is 0.336 e. The van der Waals surface area contributed by atoms with E-state index in [-0.39, 0.29) is 36.5 Å². The van der Waals surface area contributed by atoms with Gasteiger partial charge >= 0.3 is 0 Å². The number of halogens is 2. The zero-order valence-corrected chi connectivity index (χ0v) is 15.6. The van der Waals surface area contributed by atoms with Gasteiger partial charge in [-0.25, -0.2) is 8.78 Å². The number of quaternary nitrogens is 1. The molecule has 0 saturated carbocycles. The number of amides is 2. The van der Waals surface area contributed by atoms with Crippen molar-refractivity contribution in [2.24, 2.45) is 0 Å². The molecule has 0 aromatic heterocycles. The predicted molar refractivity (Wildman–Crippen MR) is 99.1 cm³/mol. The standard InChI is InChI=1S/C20H23F2N3O2/c1-14(20(27)25(3)12-15-5-4-6-17(22)11-15)24(2)13-19(26)23-18-9-7-16(21)8-10-18/h4-11,14H,12-13H2,1-3H3,(H,23,26)/p+1/t14-/m0/s1. The maximum Gasteiger partial charge on any atom is 0.280 e. The number of carbonyl (C=O) groups excluding carboxylic acids is 2. The van der Waals surface area contributed by atoms with E-state index >= 15 is 0 Å². The fourth-order valence-electron chi connectivity index (χ4n) is 2.67. The number of anilines is 1. The first-order valence-corrected chi connectivity index (χ1v) is 8.63. The summed E-state index contributed by atoms with van der Waals surface area (Å²) >= 11 is 0. The van der Waals surface area contributed by atoms with E-state index in [0.717, 1.165) is 0 Å². The number of hydrogen-bond donors (Lipinski definition) is 2. The van der Waals surface area contributed by atoms with Gasteiger partial charge in [-0.1, -0.05) is 12.1 Å². The van der Waals surface area contributed by atoms with Crippen molar-refractivity contribution in [2.75, 3.05) is 26.0 Å². The Morgan fingerprint density at radius 1 is 1.11 bits per heavy atom. The van der Waals surface area contributed by atoms with Gasteiger partial charge in [-0.15, -0.1) is 0 Å². The molecule has 0 bridgehead atoms. The quantitative estimate of drug-likeness (QED) is 0.769. The molecule has 7 heteroatoms. The molecule has 0 aliphatic carbocycles. The average Bonchev–Trinajstić information content (AvgIpc) is 2.62. The number of likely N-dealkylation sites (N-methyl/N-ethyl adjacent to an activating group) is 2. The third-order valence-corrected chi connectivity index (χ3v) is 4.36. The molecule has 0 spiro atoms. The second-order valence-electron chi connectivity index (χ2n) is 6.62. The molecule has 1 unspecified atom stereocenters. The molecule has 2 aromatic rings. The van der Waals surface area contributed by atoms with Crippen molar-refractivity contribution in [2.45, 2.75) is 19.5 Å². The molecule has 2 atom stereocenters. The van der Waals surface area contributed by atoms with Crippen molar-refractivity contribution >= 4 is 17.5 Å².